The molecule has 0 radical (unpaired) electrons. The number of esters is 3. The second kappa shape index (κ2) is 51.2. The lowest BCUT2D eigenvalue weighted by Gasteiger charge is -2.18. The fraction of sp³-hybridized carbons (Fsp3) is 0.702. The summed E-state index contributed by atoms with van der Waals surface area (Å²) in [5, 5.41) is 0. The number of unbranched alkanes of at least 4 members (excludes halogenated alkanes) is 21. The van der Waals surface area contributed by atoms with E-state index in [0.717, 1.165) is 109 Å². The number of carbonyl (C=O) groups excluding carboxylic acids is 3. The second-order valence-electron chi connectivity index (χ2n) is 17.1. The predicted octanol–water partition coefficient (Wildman–Crippen LogP) is 17.2. The summed E-state index contributed by atoms with van der Waals surface area (Å²) < 4.78 is 16.8. The Morgan fingerprint density at radius 2 is 0.619 bits per heavy atom. The van der Waals surface area contributed by atoms with Gasteiger partial charge in [-0.15, -0.1) is 0 Å². The van der Waals surface area contributed by atoms with Crippen LogP contribution in [0.25, 0.3) is 0 Å². The second-order valence-corrected chi connectivity index (χ2v) is 17.1. The lowest BCUT2D eigenvalue weighted by atomic mass is 10.0. The monoisotopic (exact) mass is 877 g/mol. The van der Waals surface area contributed by atoms with Crippen molar-refractivity contribution in [1.82, 2.24) is 0 Å². The number of hydrogen-bond donors (Lipinski definition) is 0. The van der Waals surface area contributed by atoms with Gasteiger partial charge in [0.05, 0.1) is 0 Å². The van der Waals surface area contributed by atoms with Crippen molar-refractivity contribution in [2.75, 3.05) is 13.2 Å². The van der Waals surface area contributed by atoms with Crippen molar-refractivity contribution in [1.29, 1.82) is 0 Å². The maximum atomic E-state index is 12.8. The molecular formula is C57H96O6. The van der Waals surface area contributed by atoms with Crippen molar-refractivity contribution >= 4 is 17.9 Å². The number of carbonyl (C=O) groups is 3. The highest BCUT2D eigenvalue weighted by Crippen LogP contribution is 2.14. The van der Waals surface area contributed by atoms with Crippen LogP contribution < -0.4 is 0 Å². The summed E-state index contributed by atoms with van der Waals surface area (Å²) in [5.74, 6) is -0.961. The van der Waals surface area contributed by atoms with Crippen molar-refractivity contribution in [3.63, 3.8) is 0 Å². The molecule has 0 bridgehead atoms. The molecule has 0 saturated carbocycles. The first kappa shape index (κ1) is 59.6. The summed E-state index contributed by atoms with van der Waals surface area (Å²) in [5.41, 5.74) is 0. The zero-order chi connectivity index (χ0) is 45.8. The molecule has 1 atom stereocenters. The van der Waals surface area contributed by atoms with Gasteiger partial charge in [0.1, 0.15) is 13.2 Å². The number of rotatable bonds is 46. The first-order chi connectivity index (χ1) is 31.0. The van der Waals surface area contributed by atoms with Crippen LogP contribution in [0.4, 0.5) is 0 Å². The maximum absolute atomic E-state index is 12.8. The molecule has 0 N–H and O–H groups in total. The Hall–Kier alpha value is -3.41. The van der Waals surface area contributed by atoms with Crippen molar-refractivity contribution in [3.05, 3.63) is 85.1 Å². The number of allylic oxidation sites excluding steroid dienone is 14. The van der Waals surface area contributed by atoms with Gasteiger partial charge in [0.25, 0.3) is 0 Å². The minimum atomic E-state index is -0.801. The van der Waals surface area contributed by atoms with E-state index >= 15 is 0 Å². The summed E-state index contributed by atoms with van der Waals surface area (Å²) in [4.78, 5) is 38.0. The Kier molecular flexibility index (Phi) is 48.5. The zero-order valence-corrected chi connectivity index (χ0v) is 41.1. The Balaban J connectivity index is 4.48. The van der Waals surface area contributed by atoms with E-state index in [4.69, 9.17) is 14.2 Å². The molecule has 6 heteroatoms. The van der Waals surface area contributed by atoms with Crippen molar-refractivity contribution in [2.45, 2.75) is 245 Å². The molecule has 0 spiro atoms. The molecule has 0 aliphatic carbocycles. The van der Waals surface area contributed by atoms with Crippen LogP contribution in [0.5, 0.6) is 0 Å². The summed E-state index contributed by atoms with van der Waals surface area (Å²) >= 11 is 0. The van der Waals surface area contributed by atoms with Gasteiger partial charge in [-0.3, -0.25) is 14.4 Å². The van der Waals surface area contributed by atoms with Gasteiger partial charge >= 0.3 is 17.9 Å². The van der Waals surface area contributed by atoms with Crippen LogP contribution in [-0.2, 0) is 28.6 Å². The molecule has 6 nitrogen and oxygen atoms in total. The van der Waals surface area contributed by atoms with Crippen LogP contribution in [0.1, 0.15) is 239 Å². The summed E-state index contributed by atoms with van der Waals surface area (Å²) in [6.07, 6.45) is 65.6. The molecule has 0 aromatic rings. The summed E-state index contributed by atoms with van der Waals surface area (Å²) in [7, 11) is 0. The Morgan fingerprint density at radius 1 is 0.333 bits per heavy atom. The number of ether oxygens (including phenoxy) is 3. The molecule has 0 saturated heterocycles. The molecule has 63 heavy (non-hydrogen) atoms. The van der Waals surface area contributed by atoms with E-state index in [9.17, 15) is 14.4 Å². The van der Waals surface area contributed by atoms with E-state index in [1.54, 1.807) is 0 Å². The Labute approximate surface area is 388 Å². The van der Waals surface area contributed by atoms with Gasteiger partial charge in [-0.25, -0.2) is 0 Å². The molecule has 0 aliphatic rings. The largest absolute Gasteiger partial charge is 0.462 e. The molecule has 0 unspecified atom stereocenters. The van der Waals surface area contributed by atoms with Crippen LogP contribution in [-0.4, -0.2) is 37.2 Å². The highest BCUT2D eigenvalue weighted by molar-refractivity contribution is 5.71. The smallest absolute Gasteiger partial charge is 0.306 e. The first-order valence-electron chi connectivity index (χ1n) is 26.1. The van der Waals surface area contributed by atoms with Crippen molar-refractivity contribution in [3.8, 4) is 0 Å². The zero-order valence-electron chi connectivity index (χ0n) is 41.1. The molecule has 0 aliphatic heterocycles. The molecule has 0 aromatic heterocycles. The van der Waals surface area contributed by atoms with Crippen LogP contribution in [0, 0.1) is 0 Å². The summed E-state index contributed by atoms with van der Waals surface area (Å²) in [6, 6.07) is 0. The topological polar surface area (TPSA) is 78.9 Å². The molecular weight excluding hydrogens is 781 g/mol. The molecule has 0 fully saturated rings. The quantitative estimate of drug-likeness (QED) is 0.0262. The van der Waals surface area contributed by atoms with E-state index in [1.807, 2.05) is 0 Å². The third-order valence-electron chi connectivity index (χ3n) is 10.9. The Morgan fingerprint density at radius 3 is 1.03 bits per heavy atom. The average molecular weight is 877 g/mol. The highest BCUT2D eigenvalue weighted by Gasteiger charge is 2.19. The van der Waals surface area contributed by atoms with Crippen molar-refractivity contribution < 1.29 is 28.6 Å². The number of hydrogen-bond acceptors (Lipinski definition) is 6. The first-order valence-corrected chi connectivity index (χ1v) is 26.1. The lowest BCUT2D eigenvalue weighted by molar-refractivity contribution is -0.167. The van der Waals surface area contributed by atoms with Gasteiger partial charge in [-0.1, -0.05) is 209 Å². The van der Waals surface area contributed by atoms with Crippen LogP contribution >= 0.6 is 0 Å². The van der Waals surface area contributed by atoms with E-state index in [-0.39, 0.29) is 31.1 Å². The maximum Gasteiger partial charge on any atom is 0.306 e. The van der Waals surface area contributed by atoms with Crippen LogP contribution in [0.2, 0.25) is 0 Å². The SMILES string of the molecule is CC/C=C\C/C=C\C/C=C\C/C=C\CCCCC(=O)OC[C@H](COC(=O)CCCCCC/C=C\C/C=C\C/C=C\CCCCC)OC(=O)CCCCCCCCCCCCCCC. The van der Waals surface area contributed by atoms with E-state index in [1.165, 1.54) is 89.9 Å². The standard InChI is InChI=1S/C57H96O6/c1-4-7-10-13-16-19-22-25-27-28-30-33-35-38-41-44-47-50-56(59)62-53-54(63-57(60)51-48-45-42-39-36-31-24-21-18-15-12-9-6-3)52-61-55(58)49-46-43-40-37-34-32-29-26-23-20-17-14-11-8-5-2/h8,11,16-17,19-20,25-27,29-30,33-34,37,54H,4-7,9-10,12-15,18,21-24,28,31-32,35-36,38-53H2,1-3H3/b11-8-,19-16-,20-17-,27-25-,29-26-,33-30-,37-34-/t54-/m1/s1. The lowest BCUT2D eigenvalue weighted by Crippen LogP contribution is -2.30. The average Bonchev–Trinajstić information content (AvgIpc) is 3.28. The highest BCUT2D eigenvalue weighted by atomic mass is 16.6. The van der Waals surface area contributed by atoms with Gasteiger partial charge < -0.3 is 14.2 Å². The molecule has 0 aromatic carbocycles. The van der Waals surface area contributed by atoms with Crippen molar-refractivity contribution in [2.24, 2.45) is 0 Å². The molecule has 360 valence electrons. The van der Waals surface area contributed by atoms with Crippen LogP contribution in [0.3, 0.4) is 0 Å². The molecule has 0 amide bonds. The fourth-order valence-electron chi connectivity index (χ4n) is 6.97. The third kappa shape index (κ3) is 49.5. The minimum Gasteiger partial charge on any atom is -0.462 e. The Bertz CT molecular complexity index is 1240. The van der Waals surface area contributed by atoms with Gasteiger partial charge in [0, 0.05) is 19.3 Å². The van der Waals surface area contributed by atoms with Gasteiger partial charge in [0.2, 0.25) is 0 Å². The van der Waals surface area contributed by atoms with Gasteiger partial charge in [-0.2, -0.15) is 0 Å². The fourth-order valence-corrected chi connectivity index (χ4v) is 6.97. The predicted molar refractivity (Wildman–Crippen MR) is 270 cm³/mol. The molecule has 0 rings (SSSR count). The van der Waals surface area contributed by atoms with Gasteiger partial charge in [-0.05, 0) is 96.3 Å². The molecule has 0 heterocycles. The van der Waals surface area contributed by atoms with E-state index in [2.05, 4.69) is 106 Å². The van der Waals surface area contributed by atoms with Gasteiger partial charge in [0.15, 0.2) is 6.10 Å². The minimum absolute atomic E-state index is 0.100. The van der Waals surface area contributed by atoms with E-state index < -0.39 is 6.10 Å². The van der Waals surface area contributed by atoms with Crippen LogP contribution in [0.15, 0.2) is 85.1 Å². The third-order valence-corrected chi connectivity index (χ3v) is 10.9. The summed E-state index contributed by atoms with van der Waals surface area (Å²) in [6.45, 7) is 6.44. The van der Waals surface area contributed by atoms with E-state index in [0.29, 0.717) is 19.3 Å². The normalized spacial score (nSPS) is 12.7.